The zero-order chi connectivity index (χ0) is 17.1. The number of anilines is 1. The van der Waals surface area contributed by atoms with Crippen molar-refractivity contribution in [3.8, 4) is 17.3 Å². The van der Waals surface area contributed by atoms with Crippen LogP contribution in [0.25, 0.3) is 17.3 Å². The lowest BCUT2D eigenvalue weighted by Crippen LogP contribution is -2.09. The summed E-state index contributed by atoms with van der Waals surface area (Å²) >= 11 is 5.23. The number of benzene rings is 2. The molecule has 0 fully saturated rings. The second-order valence-electron chi connectivity index (χ2n) is 5.23. The van der Waals surface area contributed by atoms with E-state index in [4.69, 9.17) is 16.6 Å². The molecule has 2 heterocycles. The zero-order valence-electron chi connectivity index (χ0n) is 13.1. The largest absolute Gasteiger partial charge is 0.407 e. The first-order valence-corrected chi connectivity index (χ1v) is 8.05. The Kier molecular flexibility index (Phi) is 4.09. The van der Waals surface area contributed by atoms with Crippen LogP contribution in [-0.2, 0) is 6.67 Å². The highest BCUT2D eigenvalue weighted by molar-refractivity contribution is 7.71. The molecule has 0 aliphatic rings. The van der Waals surface area contributed by atoms with Gasteiger partial charge in [-0.25, -0.2) is 4.68 Å². The summed E-state index contributed by atoms with van der Waals surface area (Å²) in [5.41, 5.74) is 2.36. The molecule has 0 atom stereocenters. The Balaban J connectivity index is 1.54. The first-order valence-electron chi connectivity index (χ1n) is 7.64. The molecular weight excluding hydrogens is 336 g/mol. The summed E-state index contributed by atoms with van der Waals surface area (Å²) in [4.78, 5) is 1.79. The number of hydrogen-bond donors (Lipinski definition) is 1. The van der Waals surface area contributed by atoms with Gasteiger partial charge < -0.3 is 9.73 Å². The maximum atomic E-state index is 5.55. The molecule has 0 saturated heterocycles. The summed E-state index contributed by atoms with van der Waals surface area (Å²) in [6, 6.07) is 19.4. The van der Waals surface area contributed by atoms with Gasteiger partial charge in [0.1, 0.15) is 6.67 Å². The summed E-state index contributed by atoms with van der Waals surface area (Å²) < 4.78 is 7.12. The summed E-state index contributed by atoms with van der Waals surface area (Å²) in [6.45, 7) is 0.402. The van der Waals surface area contributed by atoms with Gasteiger partial charge in [0.25, 0.3) is 10.7 Å². The van der Waals surface area contributed by atoms with Crippen molar-refractivity contribution in [2.45, 2.75) is 6.67 Å². The standard InChI is InChI=1S/C17H14N6OS/c25-17-22(12-18-13-7-3-1-4-8-13)21-16(24-17)15-11-19-23(20-15)14-9-5-2-6-10-14/h1-11,18H,12H2. The van der Waals surface area contributed by atoms with E-state index in [9.17, 15) is 0 Å². The van der Waals surface area contributed by atoms with E-state index < -0.39 is 0 Å². The minimum absolute atomic E-state index is 0.271. The number of hydrogen-bond acceptors (Lipinski definition) is 6. The third kappa shape index (κ3) is 3.33. The smallest absolute Gasteiger partial charge is 0.289 e. The first-order chi connectivity index (χ1) is 12.3. The molecule has 7 nitrogen and oxygen atoms in total. The molecule has 2 aromatic carbocycles. The van der Waals surface area contributed by atoms with Crippen molar-refractivity contribution in [1.82, 2.24) is 24.8 Å². The molecule has 0 unspecified atom stereocenters. The number of para-hydroxylation sites is 2. The van der Waals surface area contributed by atoms with Crippen LogP contribution in [0.2, 0.25) is 0 Å². The first kappa shape index (κ1) is 15.3. The van der Waals surface area contributed by atoms with Crippen molar-refractivity contribution in [2.75, 3.05) is 5.32 Å². The van der Waals surface area contributed by atoms with E-state index in [1.165, 1.54) is 4.80 Å². The van der Waals surface area contributed by atoms with Crippen LogP contribution in [0, 0.1) is 4.84 Å². The predicted molar refractivity (Wildman–Crippen MR) is 95.7 cm³/mol. The highest BCUT2D eigenvalue weighted by Crippen LogP contribution is 2.16. The van der Waals surface area contributed by atoms with Crippen LogP contribution >= 0.6 is 12.2 Å². The van der Waals surface area contributed by atoms with Crippen LogP contribution in [0.4, 0.5) is 5.69 Å². The third-order valence-corrected chi connectivity index (χ3v) is 3.81. The summed E-state index contributed by atoms with van der Waals surface area (Å²) in [6.07, 6.45) is 1.60. The lowest BCUT2D eigenvalue weighted by Gasteiger charge is -2.04. The Labute approximate surface area is 148 Å². The second-order valence-corrected chi connectivity index (χ2v) is 5.58. The van der Waals surface area contributed by atoms with E-state index in [1.807, 2.05) is 60.7 Å². The summed E-state index contributed by atoms with van der Waals surface area (Å²) in [5, 5.41) is 16.2. The number of nitrogens with one attached hydrogen (secondary N) is 1. The molecule has 0 bridgehead atoms. The van der Waals surface area contributed by atoms with Gasteiger partial charge in [-0.1, -0.05) is 36.4 Å². The van der Waals surface area contributed by atoms with E-state index in [0.717, 1.165) is 11.4 Å². The van der Waals surface area contributed by atoms with Gasteiger partial charge in [-0.15, -0.1) is 10.2 Å². The average Bonchev–Trinajstić information content (AvgIpc) is 3.29. The normalized spacial score (nSPS) is 10.7. The zero-order valence-corrected chi connectivity index (χ0v) is 13.9. The third-order valence-electron chi connectivity index (χ3n) is 3.51. The fraction of sp³-hybridized carbons (Fsp3) is 0.0588. The molecule has 8 heteroatoms. The van der Waals surface area contributed by atoms with Crippen LogP contribution in [0.1, 0.15) is 0 Å². The van der Waals surface area contributed by atoms with Crippen molar-refractivity contribution >= 4 is 17.9 Å². The quantitative estimate of drug-likeness (QED) is 0.555. The molecule has 124 valence electrons. The van der Waals surface area contributed by atoms with Gasteiger partial charge in [0.05, 0.1) is 11.9 Å². The van der Waals surface area contributed by atoms with Gasteiger partial charge in [0, 0.05) is 5.69 Å². The van der Waals surface area contributed by atoms with Crippen LogP contribution in [0.5, 0.6) is 0 Å². The van der Waals surface area contributed by atoms with Gasteiger partial charge in [0.2, 0.25) is 0 Å². The van der Waals surface area contributed by atoms with E-state index in [0.29, 0.717) is 18.3 Å². The molecule has 2 aromatic heterocycles. The van der Waals surface area contributed by atoms with Gasteiger partial charge in [-0.05, 0) is 36.5 Å². The summed E-state index contributed by atoms with van der Waals surface area (Å²) in [5.74, 6) is 0.335. The molecule has 0 saturated carbocycles. The Morgan fingerprint density at radius 1 is 0.960 bits per heavy atom. The van der Waals surface area contributed by atoms with Crippen molar-refractivity contribution in [3.05, 3.63) is 71.7 Å². The molecule has 0 aliphatic heterocycles. The summed E-state index contributed by atoms with van der Waals surface area (Å²) in [7, 11) is 0. The Hall–Kier alpha value is -3.26. The molecule has 0 radical (unpaired) electrons. The van der Waals surface area contributed by atoms with E-state index in [2.05, 4.69) is 20.6 Å². The molecule has 0 aliphatic carbocycles. The SMILES string of the molecule is S=c1oc(-c2cnn(-c3ccccc3)n2)nn1CNc1ccccc1. The van der Waals surface area contributed by atoms with Crippen molar-refractivity contribution in [1.29, 1.82) is 0 Å². The molecule has 4 rings (SSSR count). The maximum Gasteiger partial charge on any atom is 0.289 e. The number of aromatic nitrogens is 5. The Morgan fingerprint density at radius 2 is 1.68 bits per heavy atom. The van der Waals surface area contributed by atoms with Crippen molar-refractivity contribution in [2.24, 2.45) is 0 Å². The number of nitrogens with zero attached hydrogens (tertiary/aromatic N) is 5. The lowest BCUT2D eigenvalue weighted by molar-refractivity contribution is 0.521. The molecule has 4 aromatic rings. The highest BCUT2D eigenvalue weighted by atomic mass is 32.1. The predicted octanol–water partition coefficient (Wildman–Crippen LogP) is 3.52. The fourth-order valence-electron chi connectivity index (χ4n) is 2.28. The van der Waals surface area contributed by atoms with E-state index in [1.54, 1.807) is 10.9 Å². The van der Waals surface area contributed by atoms with Crippen LogP contribution < -0.4 is 5.32 Å². The van der Waals surface area contributed by atoms with Gasteiger partial charge in [0.15, 0.2) is 5.69 Å². The van der Waals surface area contributed by atoms with E-state index >= 15 is 0 Å². The molecular formula is C17H14N6OS. The Bertz CT molecular complexity index is 1020. The van der Waals surface area contributed by atoms with Crippen LogP contribution in [-0.4, -0.2) is 24.8 Å². The van der Waals surface area contributed by atoms with Crippen LogP contribution in [0.15, 0.2) is 71.3 Å². The highest BCUT2D eigenvalue weighted by Gasteiger charge is 2.13. The minimum Gasteiger partial charge on any atom is -0.407 e. The lowest BCUT2D eigenvalue weighted by atomic mass is 10.3. The molecule has 0 spiro atoms. The maximum absolute atomic E-state index is 5.55. The fourth-order valence-corrected chi connectivity index (χ4v) is 2.46. The number of rotatable bonds is 5. The topological polar surface area (TPSA) is 73.7 Å². The van der Waals surface area contributed by atoms with Gasteiger partial charge >= 0.3 is 0 Å². The molecule has 25 heavy (non-hydrogen) atoms. The molecule has 0 amide bonds. The van der Waals surface area contributed by atoms with Gasteiger partial charge in [-0.3, -0.25) is 0 Å². The van der Waals surface area contributed by atoms with E-state index in [-0.39, 0.29) is 4.84 Å². The van der Waals surface area contributed by atoms with Gasteiger partial charge in [-0.2, -0.15) is 9.90 Å². The van der Waals surface area contributed by atoms with Crippen molar-refractivity contribution < 1.29 is 4.42 Å². The Morgan fingerprint density at radius 3 is 2.44 bits per heavy atom. The average molecular weight is 350 g/mol. The second kappa shape index (κ2) is 6.70. The van der Waals surface area contributed by atoms with Crippen molar-refractivity contribution in [3.63, 3.8) is 0 Å². The monoisotopic (exact) mass is 350 g/mol. The molecule has 1 N–H and O–H groups in total. The minimum atomic E-state index is 0.271. The van der Waals surface area contributed by atoms with Crippen LogP contribution in [0.3, 0.4) is 0 Å².